The highest BCUT2D eigenvalue weighted by molar-refractivity contribution is 5.98. The van der Waals surface area contributed by atoms with Crippen LogP contribution in [-0.2, 0) is 11.2 Å². The third-order valence-electron chi connectivity index (χ3n) is 3.17. The number of hydrogen-bond acceptors (Lipinski definition) is 3. The molecule has 19 heavy (non-hydrogen) atoms. The lowest BCUT2D eigenvalue weighted by molar-refractivity contribution is 0.0818. The van der Waals surface area contributed by atoms with Crippen molar-refractivity contribution in [1.82, 2.24) is 0 Å². The predicted molar refractivity (Wildman–Crippen MR) is 74.9 cm³/mol. The fourth-order valence-electron chi connectivity index (χ4n) is 2.25. The normalized spacial score (nSPS) is 14.6. The van der Waals surface area contributed by atoms with Crippen LogP contribution in [-0.4, -0.2) is 25.6 Å². The van der Waals surface area contributed by atoms with Crippen molar-refractivity contribution in [3.8, 4) is 5.75 Å². The van der Waals surface area contributed by atoms with Crippen LogP contribution in [0.15, 0.2) is 18.2 Å². The molecule has 0 heterocycles. The molecule has 0 fully saturated rings. The van der Waals surface area contributed by atoms with Crippen molar-refractivity contribution in [3.05, 3.63) is 29.3 Å². The molecule has 0 radical (unpaired) electrons. The van der Waals surface area contributed by atoms with Crippen LogP contribution >= 0.6 is 0 Å². The molecule has 1 aliphatic carbocycles. The van der Waals surface area contributed by atoms with Crippen LogP contribution in [0.3, 0.4) is 0 Å². The largest absolute Gasteiger partial charge is 0.491 e. The van der Waals surface area contributed by atoms with Gasteiger partial charge in [0.2, 0.25) is 0 Å². The van der Waals surface area contributed by atoms with Crippen LogP contribution in [0.4, 0.5) is 0 Å². The number of ether oxygens (including phenoxy) is 2. The van der Waals surface area contributed by atoms with Crippen LogP contribution in [0.1, 0.15) is 42.6 Å². The summed E-state index contributed by atoms with van der Waals surface area (Å²) >= 11 is 0. The number of fused-ring (bicyclic) bond motifs is 1. The zero-order chi connectivity index (χ0) is 13.7. The summed E-state index contributed by atoms with van der Waals surface area (Å²) in [6, 6.07) is 5.76. The second-order valence-electron chi connectivity index (χ2n) is 5.41. The van der Waals surface area contributed by atoms with Gasteiger partial charge in [0.25, 0.3) is 0 Å². The number of aryl methyl sites for hydroxylation is 1. The summed E-state index contributed by atoms with van der Waals surface area (Å²) in [6.45, 7) is 6.18. The van der Waals surface area contributed by atoms with Crippen LogP contribution in [0, 0.1) is 5.92 Å². The van der Waals surface area contributed by atoms with Gasteiger partial charge in [-0.2, -0.15) is 0 Å². The van der Waals surface area contributed by atoms with Gasteiger partial charge in [-0.25, -0.2) is 0 Å². The van der Waals surface area contributed by atoms with E-state index in [4.69, 9.17) is 9.47 Å². The fraction of sp³-hybridized carbons (Fsp3) is 0.562. The van der Waals surface area contributed by atoms with E-state index in [-0.39, 0.29) is 5.78 Å². The number of Topliss-reactive ketones (excluding diaryl/α,β-unsaturated/α-hetero) is 1. The van der Waals surface area contributed by atoms with Gasteiger partial charge in [-0.3, -0.25) is 4.79 Å². The molecule has 2 rings (SSSR count). The molecule has 104 valence electrons. The monoisotopic (exact) mass is 262 g/mol. The van der Waals surface area contributed by atoms with E-state index in [1.165, 1.54) is 0 Å². The molecule has 1 aliphatic rings. The highest BCUT2D eigenvalue weighted by Gasteiger charge is 2.17. The number of carbonyl (C=O) groups is 1. The first kappa shape index (κ1) is 14.1. The Morgan fingerprint density at radius 3 is 2.84 bits per heavy atom. The smallest absolute Gasteiger partial charge is 0.163 e. The number of ketones is 1. The van der Waals surface area contributed by atoms with E-state index in [2.05, 4.69) is 13.8 Å². The van der Waals surface area contributed by atoms with Gasteiger partial charge in [0.05, 0.1) is 6.61 Å². The lowest BCUT2D eigenvalue weighted by atomic mass is 9.91. The molecule has 0 saturated heterocycles. The molecule has 0 saturated carbocycles. The number of benzene rings is 1. The van der Waals surface area contributed by atoms with Gasteiger partial charge in [0.15, 0.2) is 5.78 Å². The summed E-state index contributed by atoms with van der Waals surface area (Å²) in [7, 11) is 0. The Kier molecular flexibility index (Phi) is 4.97. The molecular weight excluding hydrogens is 240 g/mol. The van der Waals surface area contributed by atoms with Gasteiger partial charge >= 0.3 is 0 Å². The molecule has 0 N–H and O–H groups in total. The summed E-state index contributed by atoms with van der Waals surface area (Å²) < 4.78 is 11.1. The molecular formula is C16H22O3. The maximum absolute atomic E-state index is 11.7. The molecule has 1 aromatic rings. The summed E-state index contributed by atoms with van der Waals surface area (Å²) in [4.78, 5) is 11.7. The summed E-state index contributed by atoms with van der Waals surface area (Å²) in [5.74, 6) is 1.64. The van der Waals surface area contributed by atoms with Gasteiger partial charge in [0, 0.05) is 18.6 Å². The van der Waals surface area contributed by atoms with Crippen LogP contribution in [0.25, 0.3) is 0 Å². The quantitative estimate of drug-likeness (QED) is 0.738. The average molecular weight is 262 g/mol. The second-order valence-corrected chi connectivity index (χ2v) is 5.41. The van der Waals surface area contributed by atoms with Crippen molar-refractivity contribution in [2.45, 2.75) is 33.1 Å². The molecule has 0 atom stereocenters. The minimum atomic E-state index is 0.257. The highest BCUT2D eigenvalue weighted by atomic mass is 16.5. The molecule has 0 aromatic heterocycles. The van der Waals surface area contributed by atoms with Crippen molar-refractivity contribution >= 4 is 5.78 Å². The van der Waals surface area contributed by atoms with E-state index in [1.54, 1.807) is 0 Å². The van der Waals surface area contributed by atoms with Gasteiger partial charge in [-0.15, -0.1) is 0 Å². The summed E-state index contributed by atoms with van der Waals surface area (Å²) in [5, 5.41) is 0. The van der Waals surface area contributed by atoms with Crippen molar-refractivity contribution in [3.63, 3.8) is 0 Å². The molecule has 0 amide bonds. The van der Waals surface area contributed by atoms with Crippen LogP contribution in [0.2, 0.25) is 0 Å². The van der Waals surface area contributed by atoms with E-state index in [0.717, 1.165) is 36.3 Å². The van der Waals surface area contributed by atoms with Crippen molar-refractivity contribution in [2.24, 2.45) is 5.92 Å². The molecule has 0 bridgehead atoms. The highest BCUT2D eigenvalue weighted by Crippen LogP contribution is 2.25. The zero-order valence-electron chi connectivity index (χ0n) is 11.8. The molecule has 0 aliphatic heterocycles. The van der Waals surface area contributed by atoms with E-state index in [9.17, 15) is 4.79 Å². The Labute approximate surface area is 114 Å². The maximum Gasteiger partial charge on any atom is 0.163 e. The van der Waals surface area contributed by atoms with Crippen LogP contribution < -0.4 is 4.74 Å². The Morgan fingerprint density at radius 1 is 1.21 bits per heavy atom. The Morgan fingerprint density at radius 2 is 2.05 bits per heavy atom. The lowest BCUT2D eigenvalue weighted by Crippen LogP contribution is -2.12. The first-order chi connectivity index (χ1) is 9.16. The minimum Gasteiger partial charge on any atom is -0.491 e. The van der Waals surface area contributed by atoms with Gasteiger partial charge < -0.3 is 9.47 Å². The summed E-state index contributed by atoms with van der Waals surface area (Å²) in [6.07, 6.45) is 2.60. The third kappa shape index (κ3) is 4.06. The van der Waals surface area contributed by atoms with Gasteiger partial charge in [-0.05, 0) is 42.5 Å². The Balaban J connectivity index is 1.83. The Bertz CT molecular complexity index is 438. The third-order valence-corrected chi connectivity index (χ3v) is 3.17. The first-order valence-electron chi connectivity index (χ1n) is 7.03. The number of carbonyl (C=O) groups excluding carboxylic acids is 1. The topological polar surface area (TPSA) is 35.5 Å². The fourth-order valence-corrected chi connectivity index (χ4v) is 2.25. The average Bonchev–Trinajstić information content (AvgIpc) is 2.38. The number of rotatable bonds is 6. The van der Waals surface area contributed by atoms with Gasteiger partial charge in [0.1, 0.15) is 12.4 Å². The maximum atomic E-state index is 11.7. The van der Waals surface area contributed by atoms with Gasteiger partial charge in [-0.1, -0.05) is 13.8 Å². The predicted octanol–water partition coefficient (Wildman–Crippen LogP) is 3.26. The minimum absolute atomic E-state index is 0.257. The van der Waals surface area contributed by atoms with E-state index in [1.807, 2.05) is 18.2 Å². The van der Waals surface area contributed by atoms with Crippen LogP contribution in [0.5, 0.6) is 5.75 Å². The number of hydrogen-bond donors (Lipinski definition) is 0. The van der Waals surface area contributed by atoms with E-state index < -0.39 is 0 Å². The van der Waals surface area contributed by atoms with Crippen molar-refractivity contribution in [2.75, 3.05) is 19.8 Å². The standard InChI is InChI=1S/C16H22O3/c1-12(2)11-18-8-9-19-14-6-7-15-13(10-14)4-3-5-16(15)17/h6-7,10,12H,3-5,8-9,11H2,1-2H3. The van der Waals surface area contributed by atoms with Crippen molar-refractivity contribution < 1.29 is 14.3 Å². The van der Waals surface area contributed by atoms with E-state index in [0.29, 0.717) is 25.6 Å². The molecule has 3 nitrogen and oxygen atoms in total. The first-order valence-corrected chi connectivity index (χ1v) is 7.03. The Hall–Kier alpha value is -1.35. The molecule has 3 heteroatoms. The lowest BCUT2D eigenvalue weighted by Gasteiger charge is -2.16. The second kappa shape index (κ2) is 6.71. The summed E-state index contributed by atoms with van der Waals surface area (Å²) in [5.41, 5.74) is 1.99. The molecule has 0 unspecified atom stereocenters. The zero-order valence-corrected chi connectivity index (χ0v) is 11.8. The molecule has 0 spiro atoms. The molecule has 1 aromatic carbocycles. The van der Waals surface area contributed by atoms with E-state index >= 15 is 0 Å². The van der Waals surface area contributed by atoms with Crippen molar-refractivity contribution in [1.29, 1.82) is 0 Å². The SMILES string of the molecule is CC(C)COCCOc1ccc2c(c1)CCCC2=O.